The number of benzene rings is 1. The first-order valence-corrected chi connectivity index (χ1v) is 7.33. The van der Waals surface area contributed by atoms with Gasteiger partial charge in [0.25, 0.3) is 5.69 Å². The van der Waals surface area contributed by atoms with Crippen molar-refractivity contribution in [2.24, 2.45) is 11.7 Å². The van der Waals surface area contributed by atoms with E-state index in [0.29, 0.717) is 6.07 Å². The maximum atomic E-state index is 13.0. The molecule has 0 spiro atoms. The highest BCUT2D eigenvalue weighted by molar-refractivity contribution is 7.89. The Bertz CT molecular complexity index is 604. The van der Waals surface area contributed by atoms with Crippen molar-refractivity contribution in [2.75, 3.05) is 6.54 Å². The van der Waals surface area contributed by atoms with E-state index in [-0.39, 0.29) is 12.5 Å². The smallest absolute Gasteiger partial charge is 0.292 e. The monoisotopic (exact) mass is 305 g/mol. The molecule has 0 bridgehead atoms. The molecule has 1 rings (SSSR count). The van der Waals surface area contributed by atoms with Crippen LogP contribution in [0.5, 0.6) is 0 Å². The van der Waals surface area contributed by atoms with E-state index in [4.69, 9.17) is 5.73 Å². The summed E-state index contributed by atoms with van der Waals surface area (Å²) < 4.78 is 39.6. The van der Waals surface area contributed by atoms with Crippen LogP contribution in [0.2, 0.25) is 0 Å². The molecule has 112 valence electrons. The zero-order chi connectivity index (χ0) is 15.5. The molecule has 1 atom stereocenters. The lowest BCUT2D eigenvalue weighted by atomic mass is 10.1. The molecular weight excluding hydrogens is 289 g/mol. The number of hydrogen-bond donors (Lipinski definition) is 2. The number of halogens is 1. The summed E-state index contributed by atoms with van der Waals surface area (Å²) in [5, 5.41) is 10.8. The van der Waals surface area contributed by atoms with Crippen molar-refractivity contribution in [2.45, 2.75) is 24.8 Å². The highest BCUT2D eigenvalue weighted by Crippen LogP contribution is 2.24. The number of nitrogens with two attached hydrogens (primary N) is 1. The van der Waals surface area contributed by atoms with Crippen LogP contribution < -0.4 is 10.5 Å². The molecule has 9 heteroatoms. The van der Waals surface area contributed by atoms with E-state index < -0.39 is 37.4 Å². The summed E-state index contributed by atoms with van der Waals surface area (Å²) in [6.45, 7) is 3.57. The van der Waals surface area contributed by atoms with Crippen LogP contribution in [0, 0.1) is 21.8 Å². The summed E-state index contributed by atoms with van der Waals surface area (Å²) in [5.41, 5.74) is 4.65. The fourth-order valence-corrected chi connectivity index (χ4v) is 3.13. The number of sulfonamides is 1. The third kappa shape index (κ3) is 3.71. The average Bonchev–Trinajstić information content (AvgIpc) is 2.35. The summed E-state index contributed by atoms with van der Waals surface area (Å²) in [4.78, 5) is 9.31. The van der Waals surface area contributed by atoms with Crippen molar-refractivity contribution < 1.29 is 17.7 Å². The largest absolute Gasteiger partial charge is 0.329 e. The molecule has 0 radical (unpaired) electrons. The number of nitrogens with one attached hydrogen (secondary N) is 1. The Kier molecular flexibility index (Phi) is 5.15. The average molecular weight is 305 g/mol. The first kappa shape index (κ1) is 16.5. The molecule has 1 unspecified atom stereocenters. The topological polar surface area (TPSA) is 115 Å². The minimum absolute atomic E-state index is 0.0475. The predicted octanol–water partition coefficient (Wildman–Crippen LogP) is 0.996. The highest BCUT2D eigenvalue weighted by atomic mass is 32.2. The number of nitro benzene ring substituents is 1. The van der Waals surface area contributed by atoms with E-state index in [0.717, 1.165) is 12.1 Å². The van der Waals surface area contributed by atoms with Gasteiger partial charge in [-0.3, -0.25) is 10.1 Å². The molecule has 0 saturated carbocycles. The van der Waals surface area contributed by atoms with E-state index in [1.807, 2.05) is 0 Å². The summed E-state index contributed by atoms with van der Waals surface area (Å²) >= 11 is 0. The van der Waals surface area contributed by atoms with Gasteiger partial charge in [-0.05, 0) is 18.1 Å². The van der Waals surface area contributed by atoms with Crippen LogP contribution >= 0.6 is 0 Å². The van der Waals surface area contributed by atoms with E-state index in [2.05, 4.69) is 4.72 Å². The Morgan fingerprint density at radius 3 is 2.50 bits per heavy atom. The Balaban J connectivity index is 3.25. The van der Waals surface area contributed by atoms with E-state index in [9.17, 15) is 22.9 Å². The van der Waals surface area contributed by atoms with Crippen molar-refractivity contribution in [1.82, 2.24) is 4.72 Å². The van der Waals surface area contributed by atoms with Gasteiger partial charge in [-0.25, -0.2) is 17.5 Å². The third-order valence-electron chi connectivity index (χ3n) is 2.77. The fourth-order valence-electron chi connectivity index (χ4n) is 1.58. The summed E-state index contributed by atoms with van der Waals surface area (Å²) in [5.74, 6) is -0.968. The van der Waals surface area contributed by atoms with Gasteiger partial charge < -0.3 is 5.73 Å². The second-order valence-corrected chi connectivity index (χ2v) is 6.26. The predicted molar refractivity (Wildman–Crippen MR) is 71.1 cm³/mol. The molecule has 0 amide bonds. The van der Waals surface area contributed by atoms with Crippen molar-refractivity contribution in [3.8, 4) is 0 Å². The molecule has 0 aliphatic heterocycles. The van der Waals surface area contributed by atoms with Gasteiger partial charge in [0.2, 0.25) is 10.0 Å². The maximum Gasteiger partial charge on any atom is 0.292 e. The quantitative estimate of drug-likeness (QED) is 0.601. The van der Waals surface area contributed by atoms with Gasteiger partial charge in [0.1, 0.15) is 5.82 Å². The summed E-state index contributed by atoms with van der Waals surface area (Å²) in [6.07, 6.45) is 0. The van der Waals surface area contributed by atoms with Crippen LogP contribution in [-0.2, 0) is 10.0 Å². The van der Waals surface area contributed by atoms with Gasteiger partial charge in [-0.1, -0.05) is 13.8 Å². The third-order valence-corrected chi connectivity index (χ3v) is 4.31. The molecule has 20 heavy (non-hydrogen) atoms. The lowest BCUT2D eigenvalue weighted by Gasteiger charge is -2.20. The first-order valence-electron chi connectivity index (χ1n) is 5.85. The number of nitrogens with zero attached hydrogens (tertiary/aromatic N) is 1. The molecule has 0 aromatic heterocycles. The zero-order valence-corrected chi connectivity index (χ0v) is 11.9. The van der Waals surface area contributed by atoms with Gasteiger partial charge in [0, 0.05) is 12.6 Å². The van der Waals surface area contributed by atoms with Gasteiger partial charge >= 0.3 is 0 Å². The molecule has 1 aromatic rings. The van der Waals surface area contributed by atoms with E-state index in [1.165, 1.54) is 0 Å². The first-order chi connectivity index (χ1) is 9.19. The van der Waals surface area contributed by atoms with Gasteiger partial charge in [0.05, 0.1) is 11.0 Å². The van der Waals surface area contributed by atoms with Crippen LogP contribution in [0.3, 0.4) is 0 Å². The van der Waals surface area contributed by atoms with Crippen molar-refractivity contribution in [3.63, 3.8) is 0 Å². The standard InChI is InChI=1S/C11H16FN3O4S/c1-7(2)9(6-13)14-20(18,19)11-4-3-8(12)5-10(11)15(16)17/h3-5,7,9,14H,6,13H2,1-2H3. The van der Waals surface area contributed by atoms with Crippen LogP contribution in [-0.4, -0.2) is 25.9 Å². The van der Waals surface area contributed by atoms with Crippen LogP contribution in [0.25, 0.3) is 0 Å². The maximum absolute atomic E-state index is 13.0. The minimum atomic E-state index is -4.15. The lowest BCUT2D eigenvalue weighted by molar-refractivity contribution is -0.388. The second-order valence-electron chi connectivity index (χ2n) is 4.58. The van der Waals surface area contributed by atoms with Crippen LogP contribution in [0.4, 0.5) is 10.1 Å². The van der Waals surface area contributed by atoms with Gasteiger partial charge in [-0.2, -0.15) is 0 Å². The normalized spacial score (nSPS) is 13.4. The van der Waals surface area contributed by atoms with E-state index >= 15 is 0 Å². The number of hydrogen-bond acceptors (Lipinski definition) is 5. The molecule has 0 saturated heterocycles. The van der Waals surface area contributed by atoms with Gasteiger partial charge in [-0.15, -0.1) is 0 Å². The highest BCUT2D eigenvalue weighted by Gasteiger charge is 2.29. The number of rotatable bonds is 6. The summed E-state index contributed by atoms with van der Waals surface area (Å²) in [6, 6.07) is 1.73. The Morgan fingerprint density at radius 2 is 2.05 bits per heavy atom. The molecule has 1 aromatic carbocycles. The van der Waals surface area contributed by atoms with Crippen molar-refractivity contribution in [1.29, 1.82) is 0 Å². The fraction of sp³-hybridized carbons (Fsp3) is 0.455. The molecule has 7 nitrogen and oxygen atoms in total. The van der Waals surface area contributed by atoms with Crippen LogP contribution in [0.1, 0.15) is 13.8 Å². The SMILES string of the molecule is CC(C)C(CN)NS(=O)(=O)c1ccc(F)cc1[N+](=O)[O-]. The minimum Gasteiger partial charge on any atom is -0.329 e. The van der Waals surface area contributed by atoms with E-state index in [1.54, 1.807) is 13.8 Å². The molecule has 0 heterocycles. The molecule has 0 fully saturated rings. The lowest BCUT2D eigenvalue weighted by Crippen LogP contribution is -2.43. The molecule has 0 aliphatic rings. The molecular formula is C11H16FN3O4S. The Hall–Kier alpha value is -1.58. The number of nitro groups is 1. The van der Waals surface area contributed by atoms with Gasteiger partial charge in [0.15, 0.2) is 4.90 Å². The Morgan fingerprint density at radius 1 is 1.45 bits per heavy atom. The van der Waals surface area contributed by atoms with Crippen molar-refractivity contribution in [3.05, 3.63) is 34.1 Å². The zero-order valence-electron chi connectivity index (χ0n) is 11.0. The second kappa shape index (κ2) is 6.25. The van der Waals surface area contributed by atoms with Crippen molar-refractivity contribution >= 4 is 15.7 Å². The molecule has 3 N–H and O–H groups in total. The Labute approximate surface area is 116 Å². The summed E-state index contributed by atoms with van der Waals surface area (Å²) in [7, 11) is -4.15. The molecule has 0 aliphatic carbocycles. The van der Waals surface area contributed by atoms with Crippen LogP contribution in [0.15, 0.2) is 23.1 Å².